The van der Waals surface area contributed by atoms with Crippen molar-refractivity contribution in [3.8, 4) is 5.82 Å². The lowest BCUT2D eigenvalue weighted by Gasteiger charge is -2.23. The van der Waals surface area contributed by atoms with Crippen molar-refractivity contribution in [3.05, 3.63) is 72.4 Å². The molecule has 0 unspecified atom stereocenters. The van der Waals surface area contributed by atoms with E-state index in [1.165, 1.54) is 5.69 Å². The molecule has 0 amide bonds. The number of imidazole rings is 1. The molecule has 158 valence electrons. The summed E-state index contributed by atoms with van der Waals surface area (Å²) in [6.07, 6.45) is 6.61. The number of nitrogens with zero attached hydrogens (tertiary/aromatic N) is 5. The van der Waals surface area contributed by atoms with Crippen LogP contribution in [0, 0.1) is 6.92 Å². The van der Waals surface area contributed by atoms with Crippen molar-refractivity contribution in [1.29, 1.82) is 0 Å². The standard InChI is InChI=1S/C23H31N7/c1-4-29(21-9-6-5-7-10-21)15-8-13-26-23(24-3)28-18-20-11-12-22(27-17-20)30-16-14-25-19(30)2/h5-7,9-12,14,16-17H,4,8,13,15,18H2,1-3H3,(H2,24,26,28). The van der Waals surface area contributed by atoms with Gasteiger partial charge in [0.05, 0.1) is 0 Å². The molecule has 0 aliphatic carbocycles. The van der Waals surface area contributed by atoms with Gasteiger partial charge in [0, 0.05) is 57.5 Å². The van der Waals surface area contributed by atoms with E-state index in [-0.39, 0.29) is 0 Å². The van der Waals surface area contributed by atoms with Crippen LogP contribution in [0.4, 0.5) is 5.69 Å². The number of nitrogens with one attached hydrogen (secondary N) is 2. The molecule has 1 aromatic carbocycles. The second kappa shape index (κ2) is 11.0. The molecular weight excluding hydrogens is 374 g/mol. The lowest BCUT2D eigenvalue weighted by atomic mass is 10.2. The molecule has 0 bridgehead atoms. The van der Waals surface area contributed by atoms with Crippen LogP contribution < -0.4 is 15.5 Å². The predicted octanol–water partition coefficient (Wildman–Crippen LogP) is 3.16. The number of benzene rings is 1. The highest BCUT2D eigenvalue weighted by Gasteiger charge is 2.05. The number of hydrogen-bond acceptors (Lipinski definition) is 4. The highest BCUT2D eigenvalue weighted by molar-refractivity contribution is 5.79. The van der Waals surface area contributed by atoms with Gasteiger partial charge in [0.2, 0.25) is 0 Å². The first-order chi connectivity index (χ1) is 14.7. The Bertz CT molecular complexity index is 916. The fourth-order valence-electron chi connectivity index (χ4n) is 3.28. The summed E-state index contributed by atoms with van der Waals surface area (Å²) in [7, 11) is 1.79. The SMILES string of the molecule is CCN(CCCNC(=NC)NCc1ccc(-n2ccnc2C)nc1)c1ccccc1. The van der Waals surface area contributed by atoms with Crippen LogP contribution >= 0.6 is 0 Å². The van der Waals surface area contributed by atoms with Gasteiger partial charge in [-0.25, -0.2) is 9.97 Å². The molecule has 3 rings (SSSR count). The van der Waals surface area contributed by atoms with E-state index in [1.807, 2.05) is 30.0 Å². The maximum Gasteiger partial charge on any atom is 0.191 e. The Balaban J connectivity index is 1.42. The molecule has 0 aliphatic rings. The van der Waals surface area contributed by atoms with Gasteiger partial charge in [-0.05, 0) is 44.0 Å². The van der Waals surface area contributed by atoms with E-state index < -0.39 is 0 Å². The molecule has 0 radical (unpaired) electrons. The fraction of sp³-hybridized carbons (Fsp3) is 0.348. The predicted molar refractivity (Wildman–Crippen MR) is 123 cm³/mol. The topological polar surface area (TPSA) is 70.4 Å². The Morgan fingerprint density at radius 1 is 1.10 bits per heavy atom. The minimum absolute atomic E-state index is 0.668. The van der Waals surface area contributed by atoms with E-state index in [0.717, 1.165) is 49.2 Å². The van der Waals surface area contributed by atoms with E-state index in [0.29, 0.717) is 6.54 Å². The molecule has 0 atom stereocenters. The van der Waals surface area contributed by atoms with Gasteiger partial charge >= 0.3 is 0 Å². The van der Waals surface area contributed by atoms with Crippen LogP contribution in [0.2, 0.25) is 0 Å². The Kier molecular flexibility index (Phi) is 7.83. The third kappa shape index (κ3) is 5.83. The summed E-state index contributed by atoms with van der Waals surface area (Å²) in [5.41, 5.74) is 2.37. The molecule has 2 N–H and O–H groups in total. The molecule has 2 heterocycles. The molecule has 0 saturated carbocycles. The van der Waals surface area contributed by atoms with Gasteiger partial charge < -0.3 is 15.5 Å². The highest BCUT2D eigenvalue weighted by atomic mass is 15.2. The number of rotatable bonds is 9. The summed E-state index contributed by atoms with van der Waals surface area (Å²) in [6, 6.07) is 14.6. The fourth-order valence-corrected chi connectivity index (χ4v) is 3.28. The van der Waals surface area contributed by atoms with E-state index in [2.05, 4.69) is 73.8 Å². The van der Waals surface area contributed by atoms with E-state index >= 15 is 0 Å². The lowest BCUT2D eigenvalue weighted by Crippen LogP contribution is -2.38. The first kappa shape index (κ1) is 21.4. The second-order valence-electron chi connectivity index (χ2n) is 6.99. The van der Waals surface area contributed by atoms with Crippen molar-refractivity contribution < 1.29 is 0 Å². The van der Waals surface area contributed by atoms with E-state index in [1.54, 1.807) is 13.2 Å². The molecule has 30 heavy (non-hydrogen) atoms. The molecule has 7 heteroatoms. The summed E-state index contributed by atoms with van der Waals surface area (Å²) >= 11 is 0. The largest absolute Gasteiger partial charge is 0.372 e. The number of guanidine groups is 1. The normalized spacial score (nSPS) is 11.4. The number of aryl methyl sites for hydroxylation is 1. The molecule has 7 nitrogen and oxygen atoms in total. The zero-order valence-corrected chi connectivity index (χ0v) is 18.0. The van der Waals surface area contributed by atoms with Gasteiger partial charge in [-0.2, -0.15) is 0 Å². The minimum Gasteiger partial charge on any atom is -0.372 e. The van der Waals surface area contributed by atoms with Crippen molar-refractivity contribution in [2.24, 2.45) is 4.99 Å². The first-order valence-electron chi connectivity index (χ1n) is 10.4. The quantitative estimate of drug-likeness (QED) is 0.325. The van der Waals surface area contributed by atoms with Crippen molar-refractivity contribution in [2.75, 3.05) is 31.6 Å². The van der Waals surface area contributed by atoms with Crippen LogP contribution in [0.1, 0.15) is 24.7 Å². The number of pyridine rings is 1. The van der Waals surface area contributed by atoms with Gasteiger partial charge in [-0.1, -0.05) is 24.3 Å². The Hall–Kier alpha value is -3.35. The third-order valence-corrected chi connectivity index (χ3v) is 4.97. The molecule has 0 saturated heterocycles. The number of aliphatic imine (C=N–C) groups is 1. The molecule has 0 aliphatic heterocycles. The van der Waals surface area contributed by atoms with Crippen LogP contribution in [-0.2, 0) is 6.54 Å². The summed E-state index contributed by atoms with van der Waals surface area (Å²) in [5, 5.41) is 6.74. The summed E-state index contributed by atoms with van der Waals surface area (Å²) in [5.74, 6) is 2.59. The van der Waals surface area contributed by atoms with Crippen molar-refractivity contribution in [2.45, 2.75) is 26.8 Å². The van der Waals surface area contributed by atoms with Crippen LogP contribution in [0.25, 0.3) is 5.82 Å². The molecule has 0 spiro atoms. The summed E-state index contributed by atoms with van der Waals surface area (Å²) in [4.78, 5) is 15.5. The third-order valence-electron chi connectivity index (χ3n) is 4.97. The van der Waals surface area contributed by atoms with Crippen molar-refractivity contribution in [1.82, 2.24) is 25.2 Å². The lowest BCUT2D eigenvalue weighted by molar-refractivity contribution is 0.708. The zero-order chi connectivity index (χ0) is 21.2. The maximum absolute atomic E-state index is 4.54. The Morgan fingerprint density at radius 3 is 2.57 bits per heavy atom. The highest BCUT2D eigenvalue weighted by Crippen LogP contribution is 2.12. The van der Waals surface area contributed by atoms with Crippen LogP contribution in [0.15, 0.2) is 66.0 Å². The minimum atomic E-state index is 0.668. The van der Waals surface area contributed by atoms with Gasteiger partial charge in [0.15, 0.2) is 5.96 Å². The van der Waals surface area contributed by atoms with Gasteiger partial charge in [0.25, 0.3) is 0 Å². The number of aromatic nitrogens is 3. The Labute approximate surface area is 178 Å². The van der Waals surface area contributed by atoms with E-state index in [4.69, 9.17) is 0 Å². The van der Waals surface area contributed by atoms with E-state index in [9.17, 15) is 0 Å². The first-order valence-corrected chi connectivity index (χ1v) is 10.4. The van der Waals surface area contributed by atoms with Crippen LogP contribution in [0.5, 0.6) is 0 Å². The average Bonchev–Trinajstić information content (AvgIpc) is 3.22. The van der Waals surface area contributed by atoms with Gasteiger partial charge in [0.1, 0.15) is 11.6 Å². The summed E-state index contributed by atoms with van der Waals surface area (Å²) in [6.45, 7) is 7.68. The van der Waals surface area contributed by atoms with Crippen molar-refractivity contribution in [3.63, 3.8) is 0 Å². The van der Waals surface area contributed by atoms with Gasteiger partial charge in [-0.15, -0.1) is 0 Å². The number of para-hydroxylation sites is 1. The molecule has 3 aromatic rings. The maximum atomic E-state index is 4.54. The van der Waals surface area contributed by atoms with Gasteiger partial charge in [-0.3, -0.25) is 9.56 Å². The average molecular weight is 406 g/mol. The number of anilines is 1. The number of hydrogen-bond donors (Lipinski definition) is 2. The summed E-state index contributed by atoms with van der Waals surface area (Å²) < 4.78 is 1.97. The van der Waals surface area contributed by atoms with Crippen molar-refractivity contribution >= 4 is 11.6 Å². The zero-order valence-electron chi connectivity index (χ0n) is 18.0. The monoisotopic (exact) mass is 405 g/mol. The molecule has 0 fully saturated rings. The molecule has 2 aromatic heterocycles. The second-order valence-corrected chi connectivity index (χ2v) is 6.99. The Morgan fingerprint density at radius 2 is 1.93 bits per heavy atom. The molecular formula is C23H31N7. The smallest absolute Gasteiger partial charge is 0.191 e. The van der Waals surface area contributed by atoms with Crippen LogP contribution in [-0.4, -0.2) is 47.2 Å². The van der Waals surface area contributed by atoms with Crippen LogP contribution in [0.3, 0.4) is 0 Å².